The van der Waals surface area contributed by atoms with Crippen molar-refractivity contribution in [1.82, 2.24) is 5.32 Å². The Labute approximate surface area is 112 Å². The first kappa shape index (κ1) is 13.6. The van der Waals surface area contributed by atoms with Gasteiger partial charge in [0.25, 0.3) is 0 Å². The van der Waals surface area contributed by atoms with Crippen molar-refractivity contribution >= 4 is 5.91 Å². The van der Waals surface area contributed by atoms with Crippen molar-refractivity contribution in [2.24, 2.45) is 5.92 Å². The maximum absolute atomic E-state index is 12.8. The number of hydrogen-bond acceptors (Lipinski definition) is 2. The van der Waals surface area contributed by atoms with Gasteiger partial charge in [0, 0.05) is 6.08 Å². The molecule has 19 heavy (non-hydrogen) atoms. The number of carbonyl (C=O) groups excluding carboxylic acids is 1. The number of hydrogen-bond donors (Lipinski definition) is 1. The Morgan fingerprint density at radius 2 is 2.00 bits per heavy atom. The van der Waals surface area contributed by atoms with Crippen molar-refractivity contribution < 1.29 is 13.9 Å². The number of amides is 1. The van der Waals surface area contributed by atoms with Gasteiger partial charge in [-0.1, -0.05) is 26.0 Å². The largest absolute Gasteiger partial charge is 0.491 e. The lowest BCUT2D eigenvalue weighted by molar-refractivity contribution is -0.116. The van der Waals surface area contributed by atoms with Gasteiger partial charge in [-0.15, -0.1) is 0 Å². The minimum absolute atomic E-state index is 0.0482. The Kier molecular flexibility index (Phi) is 4.20. The van der Waals surface area contributed by atoms with E-state index in [0.29, 0.717) is 18.3 Å². The number of carbonyl (C=O) groups is 1. The molecule has 1 aliphatic heterocycles. The third-order valence-electron chi connectivity index (χ3n) is 2.96. The number of ether oxygens (including phenoxy) is 1. The Morgan fingerprint density at radius 3 is 2.63 bits per heavy atom. The third-order valence-corrected chi connectivity index (χ3v) is 2.96. The smallest absolute Gasteiger partial charge is 0.248 e. The molecule has 0 aliphatic carbocycles. The Morgan fingerprint density at radius 1 is 1.32 bits per heavy atom. The van der Waals surface area contributed by atoms with Crippen LogP contribution < -0.4 is 5.32 Å². The highest BCUT2D eigenvalue weighted by molar-refractivity contribution is 5.91. The number of rotatable bonds is 5. The molecule has 0 radical (unpaired) electrons. The first-order valence-electron chi connectivity index (χ1n) is 6.44. The van der Waals surface area contributed by atoms with Gasteiger partial charge in [-0.3, -0.25) is 4.79 Å². The molecule has 0 unspecified atom stereocenters. The Hall–Kier alpha value is -1.84. The Bertz CT molecular complexity index is 479. The van der Waals surface area contributed by atoms with E-state index in [-0.39, 0.29) is 17.8 Å². The predicted octanol–water partition coefficient (Wildman–Crippen LogP) is 2.77. The maximum Gasteiger partial charge on any atom is 0.248 e. The zero-order chi connectivity index (χ0) is 13.8. The standard InChI is InChI=1S/C15H18FNO2/c1-10(2)7-13-14(8-15(18)17-13)19-9-11-3-5-12(16)6-4-11/h3-6,8,10,13H,7,9H2,1-2H3,(H,17,18)/t13-/m0/s1. The summed E-state index contributed by atoms with van der Waals surface area (Å²) < 4.78 is 18.4. The lowest BCUT2D eigenvalue weighted by Crippen LogP contribution is -2.30. The van der Waals surface area contributed by atoms with Crippen LogP contribution in [0, 0.1) is 11.7 Å². The summed E-state index contributed by atoms with van der Waals surface area (Å²) in [6.45, 7) is 4.54. The summed E-state index contributed by atoms with van der Waals surface area (Å²) in [4.78, 5) is 11.4. The SMILES string of the molecule is CC(C)C[C@@H]1NC(=O)C=C1OCc1ccc(F)cc1. The van der Waals surface area contributed by atoms with E-state index in [1.165, 1.54) is 18.2 Å². The molecule has 0 bridgehead atoms. The molecular formula is C15H18FNO2. The molecule has 1 N–H and O–H groups in total. The zero-order valence-electron chi connectivity index (χ0n) is 11.2. The average molecular weight is 263 g/mol. The second-order valence-corrected chi connectivity index (χ2v) is 5.15. The second-order valence-electron chi connectivity index (χ2n) is 5.15. The van der Waals surface area contributed by atoms with Gasteiger partial charge in [0.15, 0.2) is 0 Å². The summed E-state index contributed by atoms with van der Waals surface area (Å²) in [5, 5.41) is 2.86. The van der Waals surface area contributed by atoms with Gasteiger partial charge in [-0.05, 0) is 30.0 Å². The van der Waals surface area contributed by atoms with E-state index >= 15 is 0 Å². The van der Waals surface area contributed by atoms with E-state index in [4.69, 9.17) is 4.74 Å². The fraction of sp³-hybridized carbons (Fsp3) is 0.400. The summed E-state index contributed by atoms with van der Waals surface area (Å²) in [6.07, 6.45) is 2.34. The lowest BCUT2D eigenvalue weighted by atomic mass is 10.0. The molecule has 4 heteroatoms. The molecule has 0 saturated carbocycles. The fourth-order valence-electron chi connectivity index (χ4n) is 2.05. The average Bonchev–Trinajstić information content (AvgIpc) is 2.68. The quantitative estimate of drug-likeness (QED) is 0.887. The topological polar surface area (TPSA) is 38.3 Å². The van der Waals surface area contributed by atoms with Gasteiger partial charge in [-0.2, -0.15) is 0 Å². The Balaban J connectivity index is 1.95. The third kappa shape index (κ3) is 3.81. The van der Waals surface area contributed by atoms with E-state index in [0.717, 1.165) is 12.0 Å². The molecule has 1 aromatic rings. The van der Waals surface area contributed by atoms with E-state index in [1.54, 1.807) is 12.1 Å². The van der Waals surface area contributed by atoms with Crippen LogP contribution in [0.1, 0.15) is 25.8 Å². The number of nitrogens with one attached hydrogen (secondary N) is 1. The van der Waals surface area contributed by atoms with E-state index in [1.807, 2.05) is 0 Å². The summed E-state index contributed by atoms with van der Waals surface area (Å²) in [5.74, 6) is 0.766. The molecule has 0 fully saturated rings. The fourth-order valence-corrected chi connectivity index (χ4v) is 2.05. The van der Waals surface area contributed by atoms with Crippen LogP contribution in [-0.4, -0.2) is 11.9 Å². The van der Waals surface area contributed by atoms with Gasteiger partial charge >= 0.3 is 0 Å². The molecule has 1 aromatic carbocycles. The van der Waals surface area contributed by atoms with Gasteiger partial charge in [0.1, 0.15) is 18.2 Å². The second kappa shape index (κ2) is 5.87. The summed E-state index contributed by atoms with van der Waals surface area (Å²) in [5.41, 5.74) is 0.880. The highest BCUT2D eigenvalue weighted by Crippen LogP contribution is 2.20. The van der Waals surface area contributed by atoms with Crippen molar-refractivity contribution in [1.29, 1.82) is 0 Å². The van der Waals surface area contributed by atoms with Crippen LogP contribution in [-0.2, 0) is 16.1 Å². The summed E-state index contributed by atoms with van der Waals surface area (Å²) >= 11 is 0. The van der Waals surface area contributed by atoms with Gasteiger partial charge in [0.05, 0.1) is 6.04 Å². The van der Waals surface area contributed by atoms with Crippen LogP contribution in [0.25, 0.3) is 0 Å². The van der Waals surface area contributed by atoms with E-state index in [9.17, 15) is 9.18 Å². The normalized spacial score (nSPS) is 18.4. The van der Waals surface area contributed by atoms with Crippen molar-refractivity contribution in [2.75, 3.05) is 0 Å². The minimum Gasteiger partial charge on any atom is -0.491 e. The van der Waals surface area contributed by atoms with E-state index < -0.39 is 0 Å². The van der Waals surface area contributed by atoms with Crippen LogP contribution in [0.3, 0.4) is 0 Å². The summed E-state index contributed by atoms with van der Waals surface area (Å²) in [7, 11) is 0. The van der Waals surface area contributed by atoms with Crippen LogP contribution in [0.2, 0.25) is 0 Å². The molecule has 1 atom stereocenters. The first-order chi connectivity index (χ1) is 9.04. The molecule has 1 amide bonds. The summed E-state index contributed by atoms with van der Waals surface area (Å²) in [6, 6.07) is 6.11. The molecule has 2 rings (SSSR count). The van der Waals surface area contributed by atoms with Gasteiger partial charge in [-0.25, -0.2) is 4.39 Å². The highest BCUT2D eigenvalue weighted by atomic mass is 19.1. The number of halogens is 1. The van der Waals surface area contributed by atoms with Crippen LogP contribution in [0.4, 0.5) is 4.39 Å². The van der Waals surface area contributed by atoms with Crippen molar-refractivity contribution in [2.45, 2.75) is 32.9 Å². The monoisotopic (exact) mass is 263 g/mol. The van der Waals surface area contributed by atoms with Crippen LogP contribution >= 0.6 is 0 Å². The number of benzene rings is 1. The molecule has 3 nitrogen and oxygen atoms in total. The first-order valence-corrected chi connectivity index (χ1v) is 6.44. The molecule has 1 aliphatic rings. The van der Waals surface area contributed by atoms with E-state index in [2.05, 4.69) is 19.2 Å². The van der Waals surface area contributed by atoms with Gasteiger partial charge in [0.2, 0.25) is 5.91 Å². The lowest BCUT2D eigenvalue weighted by Gasteiger charge is -2.18. The molecule has 0 spiro atoms. The van der Waals surface area contributed by atoms with Crippen molar-refractivity contribution in [3.05, 3.63) is 47.5 Å². The molecule has 0 aromatic heterocycles. The molecule has 0 saturated heterocycles. The van der Waals surface area contributed by atoms with Gasteiger partial charge < -0.3 is 10.1 Å². The zero-order valence-corrected chi connectivity index (χ0v) is 11.2. The van der Waals surface area contributed by atoms with Crippen molar-refractivity contribution in [3.63, 3.8) is 0 Å². The molecule has 102 valence electrons. The maximum atomic E-state index is 12.8. The minimum atomic E-state index is -0.265. The molecule has 1 heterocycles. The predicted molar refractivity (Wildman–Crippen MR) is 70.7 cm³/mol. The van der Waals surface area contributed by atoms with Crippen LogP contribution in [0.15, 0.2) is 36.1 Å². The molecular weight excluding hydrogens is 245 g/mol. The highest BCUT2D eigenvalue weighted by Gasteiger charge is 2.25. The van der Waals surface area contributed by atoms with Crippen molar-refractivity contribution in [3.8, 4) is 0 Å². The van der Waals surface area contributed by atoms with Crippen LogP contribution in [0.5, 0.6) is 0 Å².